The number of carbonyl (C=O) groups is 2. The van der Waals surface area contributed by atoms with Gasteiger partial charge in [-0.3, -0.25) is 9.59 Å². The smallest absolute Gasteiger partial charge is 0.270 e. The SMILES string of the molecule is O=C(CCl)Cc1cccc(-c2nc(-c3c[nH]c(C(=O)N4CCCC4)c3)cs2)c1. The van der Waals surface area contributed by atoms with Crippen LogP contribution in [0.25, 0.3) is 21.8 Å². The maximum atomic E-state index is 12.5. The van der Waals surface area contributed by atoms with Crippen molar-refractivity contribution in [2.75, 3.05) is 19.0 Å². The van der Waals surface area contributed by atoms with E-state index in [1.54, 1.807) is 11.3 Å². The highest BCUT2D eigenvalue weighted by atomic mass is 35.5. The van der Waals surface area contributed by atoms with E-state index in [2.05, 4.69) is 4.98 Å². The highest BCUT2D eigenvalue weighted by molar-refractivity contribution is 7.13. The molecule has 1 N–H and O–H groups in total. The number of alkyl halides is 1. The molecule has 2 aromatic heterocycles. The summed E-state index contributed by atoms with van der Waals surface area (Å²) in [7, 11) is 0. The third-order valence-electron chi connectivity index (χ3n) is 4.83. The molecule has 0 unspecified atom stereocenters. The normalized spacial score (nSPS) is 13.8. The minimum Gasteiger partial charge on any atom is -0.357 e. The molecule has 1 amide bonds. The fraction of sp³-hybridized carbons (Fsp3) is 0.286. The summed E-state index contributed by atoms with van der Waals surface area (Å²) in [6, 6.07) is 9.68. The van der Waals surface area contributed by atoms with Crippen LogP contribution in [0, 0.1) is 0 Å². The second-order valence-electron chi connectivity index (χ2n) is 6.89. The molecular formula is C21H20ClN3O2S. The van der Waals surface area contributed by atoms with E-state index in [0.29, 0.717) is 12.1 Å². The van der Waals surface area contributed by atoms with Gasteiger partial charge >= 0.3 is 0 Å². The van der Waals surface area contributed by atoms with Crippen molar-refractivity contribution >= 4 is 34.6 Å². The summed E-state index contributed by atoms with van der Waals surface area (Å²) in [5.74, 6) is 0.0782. The lowest BCUT2D eigenvalue weighted by molar-refractivity contribution is -0.116. The predicted molar refractivity (Wildman–Crippen MR) is 112 cm³/mol. The van der Waals surface area contributed by atoms with Gasteiger partial charge < -0.3 is 9.88 Å². The molecule has 0 saturated carbocycles. The number of nitrogens with zero attached hydrogens (tertiary/aromatic N) is 2. The molecule has 5 nitrogen and oxygen atoms in total. The summed E-state index contributed by atoms with van der Waals surface area (Å²) in [5.41, 5.74) is 4.24. The van der Waals surface area contributed by atoms with Crippen LogP contribution in [-0.2, 0) is 11.2 Å². The summed E-state index contributed by atoms with van der Waals surface area (Å²) in [4.78, 5) is 33.8. The summed E-state index contributed by atoms with van der Waals surface area (Å²) in [5, 5.41) is 2.86. The van der Waals surface area contributed by atoms with Crippen LogP contribution in [-0.4, -0.2) is 45.5 Å². The Balaban J connectivity index is 1.53. The maximum Gasteiger partial charge on any atom is 0.270 e. The average Bonchev–Trinajstić information content (AvgIpc) is 3.48. The Kier molecular flexibility index (Phi) is 5.59. The first kappa shape index (κ1) is 18.9. The lowest BCUT2D eigenvalue weighted by atomic mass is 10.1. The van der Waals surface area contributed by atoms with E-state index in [-0.39, 0.29) is 17.6 Å². The monoisotopic (exact) mass is 413 g/mol. The second kappa shape index (κ2) is 8.29. The number of Topliss-reactive ketones (excluding diaryl/α,β-unsaturated/α-hetero) is 1. The number of aromatic amines is 1. The third kappa shape index (κ3) is 4.03. The van der Waals surface area contributed by atoms with Gasteiger partial charge in [0, 0.05) is 42.2 Å². The minimum atomic E-state index is 0.00108. The molecule has 0 aliphatic carbocycles. The van der Waals surface area contributed by atoms with Gasteiger partial charge in [-0.15, -0.1) is 22.9 Å². The quantitative estimate of drug-likeness (QED) is 0.609. The lowest BCUT2D eigenvalue weighted by Gasteiger charge is -2.13. The minimum absolute atomic E-state index is 0.00108. The van der Waals surface area contributed by atoms with Crippen molar-refractivity contribution in [3.8, 4) is 21.8 Å². The summed E-state index contributed by atoms with van der Waals surface area (Å²) >= 11 is 7.15. The number of hydrogen-bond donors (Lipinski definition) is 1. The first-order valence-corrected chi connectivity index (χ1v) is 10.7. The third-order valence-corrected chi connectivity index (χ3v) is 6.02. The van der Waals surface area contributed by atoms with Crippen LogP contribution in [0.4, 0.5) is 0 Å². The van der Waals surface area contributed by atoms with Gasteiger partial charge in [0.25, 0.3) is 5.91 Å². The number of H-pyrrole nitrogens is 1. The number of ketones is 1. The molecule has 1 fully saturated rings. The molecule has 0 spiro atoms. The lowest BCUT2D eigenvalue weighted by Crippen LogP contribution is -2.27. The molecule has 3 heterocycles. The Bertz CT molecular complexity index is 1000. The van der Waals surface area contributed by atoms with E-state index in [9.17, 15) is 9.59 Å². The topological polar surface area (TPSA) is 66.1 Å². The number of carbonyl (C=O) groups excluding carboxylic acids is 2. The number of likely N-dealkylation sites (tertiary alicyclic amines) is 1. The van der Waals surface area contributed by atoms with Gasteiger partial charge in [-0.25, -0.2) is 4.98 Å². The molecule has 1 aliphatic rings. The fourth-order valence-electron chi connectivity index (χ4n) is 3.38. The Morgan fingerprint density at radius 2 is 2.00 bits per heavy atom. The zero-order chi connectivity index (χ0) is 19.5. The van der Waals surface area contributed by atoms with Crippen LogP contribution in [0.15, 0.2) is 41.9 Å². The number of amides is 1. The van der Waals surface area contributed by atoms with E-state index >= 15 is 0 Å². The van der Waals surface area contributed by atoms with Gasteiger partial charge in [0.05, 0.1) is 11.6 Å². The van der Waals surface area contributed by atoms with Crippen LogP contribution in [0.2, 0.25) is 0 Å². The highest BCUT2D eigenvalue weighted by Crippen LogP contribution is 2.30. The molecule has 1 aliphatic heterocycles. The molecule has 1 saturated heterocycles. The highest BCUT2D eigenvalue weighted by Gasteiger charge is 2.21. The zero-order valence-corrected chi connectivity index (χ0v) is 16.9. The molecule has 0 radical (unpaired) electrons. The molecule has 0 bridgehead atoms. The van der Waals surface area contributed by atoms with Crippen LogP contribution in [0.1, 0.15) is 28.9 Å². The van der Waals surface area contributed by atoms with Crippen molar-refractivity contribution in [3.63, 3.8) is 0 Å². The summed E-state index contributed by atoms with van der Waals surface area (Å²) in [6.45, 7) is 1.66. The van der Waals surface area contributed by atoms with Crippen LogP contribution in [0.3, 0.4) is 0 Å². The van der Waals surface area contributed by atoms with Crippen LogP contribution in [0.5, 0.6) is 0 Å². The molecule has 4 rings (SSSR count). The van der Waals surface area contributed by atoms with Crippen molar-refractivity contribution in [1.82, 2.24) is 14.9 Å². The molecule has 1 aromatic carbocycles. The number of aromatic nitrogens is 2. The average molecular weight is 414 g/mol. The van der Waals surface area contributed by atoms with Gasteiger partial charge in [-0.05, 0) is 30.5 Å². The Morgan fingerprint density at radius 1 is 1.18 bits per heavy atom. The van der Waals surface area contributed by atoms with Crippen molar-refractivity contribution in [2.45, 2.75) is 19.3 Å². The van der Waals surface area contributed by atoms with E-state index < -0.39 is 0 Å². The largest absolute Gasteiger partial charge is 0.357 e. The molecular weight excluding hydrogens is 394 g/mol. The maximum absolute atomic E-state index is 12.5. The summed E-state index contributed by atoms with van der Waals surface area (Å²) in [6.07, 6.45) is 4.31. The van der Waals surface area contributed by atoms with E-state index in [1.165, 1.54) is 0 Å². The van der Waals surface area contributed by atoms with E-state index in [0.717, 1.165) is 53.3 Å². The van der Waals surface area contributed by atoms with Crippen LogP contribution < -0.4 is 0 Å². The Hall–Kier alpha value is -2.44. The van der Waals surface area contributed by atoms with Gasteiger partial charge in [0.15, 0.2) is 5.78 Å². The molecule has 7 heteroatoms. The van der Waals surface area contributed by atoms with Gasteiger partial charge in [0.2, 0.25) is 0 Å². The summed E-state index contributed by atoms with van der Waals surface area (Å²) < 4.78 is 0. The van der Waals surface area contributed by atoms with E-state index in [4.69, 9.17) is 16.6 Å². The van der Waals surface area contributed by atoms with Crippen molar-refractivity contribution in [1.29, 1.82) is 0 Å². The van der Waals surface area contributed by atoms with Crippen molar-refractivity contribution in [2.24, 2.45) is 0 Å². The second-order valence-corrected chi connectivity index (χ2v) is 8.01. The first-order chi connectivity index (χ1) is 13.6. The van der Waals surface area contributed by atoms with Gasteiger partial charge in [0.1, 0.15) is 10.7 Å². The Labute approximate surface area is 172 Å². The van der Waals surface area contributed by atoms with Crippen molar-refractivity contribution < 1.29 is 9.59 Å². The number of thiazole rings is 1. The number of nitrogens with one attached hydrogen (secondary N) is 1. The van der Waals surface area contributed by atoms with Gasteiger partial charge in [-0.1, -0.05) is 18.2 Å². The molecule has 28 heavy (non-hydrogen) atoms. The molecule has 144 valence electrons. The fourth-order valence-corrected chi connectivity index (χ4v) is 4.31. The number of rotatable bonds is 6. The van der Waals surface area contributed by atoms with Crippen molar-refractivity contribution in [3.05, 3.63) is 53.2 Å². The number of benzene rings is 1. The standard InChI is InChI=1S/C21H20ClN3O2S/c22-11-17(26)9-14-4-3-5-15(8-14)20-24-19(13-28-20)16-10-18(23-12-16)21(27)25-6-1-2-7-25/h3-5,8,10,12-13,23H,1-2,6-7,9,11H2. The number of hydrogen-bond acceptors (Lipinski definition) is 4. The molecule has 3 aromatic rings. The van der Waals surface area contributed by atoms with Gasteiger partial charge in [-0.2, -0.15) is 0 Å². The Morgan fingerprint density at radius 3 is 2.79 bits per heavy atom. The van der Waals surface area contributed by atoms with Crippen LogP contribution >= 0.6 is 22.9 Å². The zero-order valence-electron chi connectivity index (χ0n) is 15.3. The first-order valence-electron chi connectivity index (χ1n) is 9.24. The molecule has 0 atom stereocenters. The number of halogens is 1. The van der Waals surface area contributed by atoms with E-state index in [1.807, 2.05) is 46.8 Å². The predicted octanol–water partition coefficient (Wildman–Crippen LogP) is 4.39.